The average Bonchev–Trinajstić information content (AvgIpc) is 2.73. The first-order valence-corrected chi connectivity index (χ1v) is 6.45. The normalized spacial score (nSPS) is 51.3. The van der Waals surface area contributed by atoms with Gasteiger partial charge in [0.15, 0.2) is 6.29 Å². The van der Waals surface area contributed by atoms with E-state index in [-0.39, 0.29) is 6.61 Å². The molecule has 0 amide bonds. The van der Waals surface area contributed by atoms with Crippen molar-refractivity contribution in [3.63, 3.8) is 0 Å². The third kappa shape index (κ3) is 2.92. The van der Waals surface area contributed by atoms with Crippen LogP contribution in [0.1, 0.15) is 0 Å². The molecule has 0 unspecified atom stereocenters. The van der Waals surface area contributed by atoms with Crippen LogP contribution in [0.2, 0.25) is 0 Å². The molecule has 8 atom stereocenters. The summed E-state index contributed by atoms with van der Waals surface area (Å²) in [6.07, 6.45) is -10.4. The first-order valence-electron chi connectivity index (χ1n) is 6.45. The lowest BCUT2D eigenvalue weighted by atomic mass is 10.0. The molecule has 10 heteroatoms. The van der Waals surface area contributed by atoms with Gasteiger partial charge < -0.3 is 50.0 Å². The fourth-order valence-electron chi connectivity index (χ4n) is 2.35. The van der Waals surface area contributed by atoms with E-state index in [0.717, 1.165) is 0 Å². The molecule has 2 saturated heterocycles. The predicted molar refractivity (Wildman–Crippen MR) is 62.6 cm³/mol. The van der Waals surface area contributed by atoms with E-state index in [4.69, 9.17) is 19.3 Å². The van der Waals surface area contributed by atoms with Crippen molar-refractivity contribution in [2.75, 3.05) is 19.8 Å². The summed E-state index contributed by atoms with van der Waals surface area (Å²) < 4.78 is 15.3. The minimum atomic E-state index is -2.12. The maximum Gasteiger partial charge on any atom is 0.224 e. The zero-order valence-electron chi connectivity index (χ0n) is 11.0. The number of ether oxygens (including phenoxy) is 3. The van der Waals surface area contributed by atoms with Crippen LogP contribution in [-0.4, -0.2) is 104 Å². The van der Waals surface area contributed by atoms with Crippen molar-refractivity contribution in [1.29, 1.82) is 0 Å². The van der Waals surface area contributed by atoms with Gasteiger partial charge in [0.05, 0.1) is 13.2 Å². The standard InChI is InChI=1S/C11H20O10/c12-1-5-7(16)9(18)11(3-13,20-5)21-10-8(17)6(15)4(14)2-19-10/h4-10,12-18H,1-3H2/t4-,5-,6+,7-,8-,9-,10+,11+/m1/s1. The SMILES string of the molecule is OC[C@H]1O[C@@](CO)(O[C@@H]2OC[C@@H](O)[C@H](O)[C@H]2O)[C@H](O)[C@@H]1O. The van der Waals surface area contributed by atoms with Gasteiger partial charge in [0.25, 0.3) is 0 Å². The molecule has 2 aliphatic heterocycles. The Morgan fingerprint density at radius 2 is 1.67 bits per heavy atom. The van der Waals surface area contributed by atoms with Gasteiger partial charge in [0.1, 0.15) is 43.2 Å². The number of hydrogen-bond donors (Lipinski definition) is 7. The van der Waals surface area contributed by atoms with Crippen molar-refractivity contribution >= 4 is 0 Å². The second kappa shape index (κ2) is 6.38. The number of aliphatic hydroxyl groups excluding tert-OH is 7. The van der Waals surface area contributed by atoms with Gasteiger partial charge in [-0.1, -0.05) is 0 Å². The summed E-state index contributed by atoms with van der Waals surface area (Å²) in [6, 6.07) is 0. The molecular weight excluding hydrogens is 292 g/mol. The Bertz CT molecular complexity index is 354. The molecule has 10 nitrogen and oxygen atoms in total. The average molecular weight is 312 g/mol. The van der Waals surface area contributed by atoms with Crippen molar-refractivity contribution in [3.8, 4) is 0 Å². The van der Waals surface area contributed by atoms with E-state index >= 15 is 0 Å². The topological polar surface area (TPSA) is 169 Å². The molecule has 0 aliphatic carbocycles. The molecule has 2 aliphatic rings. The molecule has 2 heterocycles. The molecule has 0 aromatic carbocycles. The second-order valence-corrected chi connectivity index (χ2v) is 5.11. The highest BCUT2D eigenvalue weighted by atomic mass is 16.8. The Kier molecular flexibility index (Phi) is 5.15. The Balaban J connectivity index is 2.12. The molecule has 2 fully saturated rings. The zero-order chi connectivity index (χ0) is 15.8. The Morgan fingerprint density at radius 3 is 2.19 bits per heavy atom. The van der Waals surface area contributed by atoms with Gasteiger partial charge in [-0.2, -0.15) is 0 Å². The lowest BCUT2D eigenvalue weighted by Gasteiger charge is -2.40. The fourth-order valence-corrected chi connectivity index (χ4v) is 2.35. The van der Waals surface area contributed by atoms with Crippen molar-refractivity contribution in [2.24, 2.45) is 0 Å². The van der Waals surface area contributed by atoms with E-state index < -0.39 is 61.9 Å². The minimum Gasteiger partial charge on any atom is -0.394 e. The number of rotatable bonds is 4. The van der Waals surface area contributed by atoms with E-state index in [9.17, 15) is 30.6 Å². The molecule has 124 valence electrons. The monoisotopic (exact) mass is 312 g/mol. The third-order valence-electron chi connectivity index (χ3n) is 3.68. The lowest BCUT2D eigenvalue weighted by Crippen LogP contribution is -2.59. The summed E-state index contributed by atoms with van der Waals surface area (Å²) in [5.74, 6) is -2.12. The van der Waals surface area contributed by atoms with Crippen molar-refractivity contribution in [2.45, 2.75) is 48.7 Å². The molecule has 21 heavy (non-hydrogen) atoms. The van der Waals surface area contributed by atoms with Gasteiger partial charge in [0, 0.05) is 0 Å². The van der Waals surface area contributed by atoms with E-state index in [1.54, 1.807) is 0 Å². The molecule has 2 rings (SSSR count). The first kappa shape index (κ1) is 17.0. The summed E-state index contributed by atoms with van der Waals surface area (Å²) in [7, 11) is 0. The third-order valence-corrected chi connectivity index (χ3v) is 3.68. The molecule has 0 aromatic heterocycles. The molecule has 0 spiro atoms. The highest BCUT2D eigenvalue weighted by Crippen LogP contribution is 2.35. The second-order valence-electron chi connectivity index (χ2n) is 5.11. The number of hydrogen-bond acceptors (Lipinski definition) is 10. The van der Waals surface area contributed by atoms with Crippen LogP contribution < -0.4 is 0 Å². The largest absolute Gasteiger partial charge is 0.394 e. The molecule has 0 bridgehead atoms. The van der Waals surface area contributed by atoms with E-state index in [1.807, 2.05) is 0 Å². The van der Waals surface area contributed by atoms with Crippen LogP contribution in [0.4, 0.5) is 0 Å². The van der Waals surface area contributed by atoms with E-state index in [1.165, 1.54) is 0 Å². The van der Waals surface area contributed by atoms with Crippen LogP contribution in [0.5, 0.6) is 0 Å². The Morgan fingerprint density at radius 1 is 1.00 bits per heavy atom. The first-order chi connectivity index (χ1) is 9.86. The van der Waals surface area contributed by atoms with E-state index in [2.05, 4.69) is 0 Å². The summed E-state index contributed by atoms with van der Waals surface area (Å²) in [4.78, 5) is 0. The van der Waals surface area contributed by atoms with Gasteiger partial charge in [-0.25, -0.2) is 0 Å². The molecule has 0 radical (unpaired) electrons. The lowest BCUT2D eigenvalue weighted by molar-refractivity contribution is -0.370. The van der Waals surface area contributed by atoms with Crippen molar-refractivity contribution in [1.82, 2.24) is 0 Å². The van der Waals surface area contributed by atoms with E-state index in [0.29, 0.717) is 0 Å². The van der Waals surface area contributed by atoms with Crippen molar-refractivity contribution in [3.05, 3.63) is 0 Å². The maximum absolute atomic E-state index is 9.92. The Hall–Kier alpha value is -0.400. The van der Waals surface area contributed by atoms with Gasteiger partial charge in [-0.3, -0.25) is 0 Å². The highest BCUT2D eigenvalue weighted by Gasteiger charge is 2.57. The van der Waals surface area contributed by atoms with Crippen LogP contribution in [0.3, 0.4) is 0 Å². The highest BCUT2D eigenvalue weighted by molar-refractivity contribution is 4.97. The van der Waals surface area contributed by atoms with Crippen LogP contribution >= 0.6 is 0 Å². The molecular formula is C11H20O10. The van der Waals surface area contributed by atoms with Crippen LogP contribution in [-0.2, 0) is 14.2 Å². The summed E-state index contributed by atoms with van der Waals surface area (Å²) in [5, 5.41) is 66.7. The Labute approximate surface area is 119 Å². The fraction of sp³-hybridized carbons (Fsp3) is 1.00. The number of aliphatic hydroxyl groups is 7. The van der Waals surface area contributed by atoms with Crippen LogP contribution in [0.15, 0.2) is 0 Å². The van der Waals surface area contributed by atoms with Gasteiger partial charge in [-0.05, 0) is 0 Å². The molecule has 0 aromatic rings. The summed E-state index contributed by atoms with van der Waals surface area (Å²) in [5.41, 5.74) is 0. The maximum atomic E-state index is 9.92. The van der Waals surface area contributed by atoms with Crippen molar-refractivity contribution < 1.29 is 50.0 Å². The summed E-state index contributed by atoms with van der Waals surface area (Å²) in [6.45, 7) is -1.86. The van der Waals surface area contributed by atoms with Gasteiger partial charge >= 0.3 is 0 Å². The van der Waals surface area contributed by atoms with Gasteiger partial charge in [0.2, 0.25) is 5.79 Å². The van der Waals surface area contributed by atoms with Crippen LogP contribution in [0, 0.1) is 0 Å². The van der Waals surface area contributed by atoms with Gasteiger partial charge in [-0.15, -0.1) is 0 Å². The molecule has 7 N–H and O–H groups in total. The minimum absolute atomic E-state index is 0.341. The summed E-state index contributed by atoms with van der Waals surface area (Å²) >= 11 is 0. The predicted octanol–water partition coefficient (Wildman–Crippen LogP) is -4.76. The molecule has 0 saturated carbocycles. The quantitative estimate of drug-likeness (QED) is 0.267. The zero-order valence-corrected chi connectivity index (χ0v) is 11.0. The van der Waals surface area contributed by atoms with Crippen LogP contribution in [0.25, 0.3) is 0 Å². The smallest absolute Gasteiger partial charge is 0.224 e.